The molecule has 142 valence electrons. The molecule has 2 aliphatic heterocycles. The Bertz CT molecular complexity index is 825. The van der Waals surface area contributed by atoms with Crippen molar-refractivity contribution in [1.82, 2.24) is 19.9 Å². The number of rotatable bonds is 3. The van der Waals surface area contributed by atoms with Crippen LogP contribution in [0.4, 0.5) is 5.82 Å². The molecule has 6 nitrogen and oxygen atoms in total. The molecule has 27 heavy (non-hydrogen) atoms. The van der Waals surface area contributed by atoms with E-state index >= 15 is 0 Å². The highest BCUT2D eigenvalue weighted by Gasteiger charge is 2.42. The molecule has 0 bridgehead atoms. The summed E-state index contributed by atoms with van der Waals surface area (Å²) in [5.41, 5.74) is 3.30. The molecule has 2 saturated heterocycles. The number of anilines is 1. The highest BCUT2D eigenvalue weighted by molar-refractivity contribution is 5.77. The van der Waals surface area contributed by atoms with Crippen LogP contribution in [0.2, 0.25) is 0 Å². The van der Waals surface area contributed by atoms with Crippen molar-refractivity contribution in [2.24, 2.45) is 5.41 Å². The molecule has 1 amide bonds. The molecule has 4 rings (SSSR count). The average Bonchev–Trinajstić information content (AvgIpc) is 2.68. The Morgan fingerprint density at radius 1 is 1.11 bits per heavy atom. The second kappa shape index (κ2) is 7.25. The van der Waals surface area contributed by atoms with Crippen LogP contribution in [0, 0.1) is 19.3 Å². The second-order valence-corrected chi connectivity index (χ2v) is 8.00. The zero-order chi connectivity index (χ0) is 18.9. The van der Waals surface area contributed by atoms with Crippen LogP contribution in [0.1, 0.15) is 42.6 Å². The summed E-state index contributed by atoms with van der Waals surface area (Å²) in [6, 6.07) is 5.89. The van der Waals surface area contributed by atoms with Crippen LogP contribution in [0.3, 0.4) is 0 Å². The molecule has 1 atom stereocenters. The number of piperidine rings is 2. The smallest absolute Gasteiger partial charge is 0.222 e. The van der Waals surface area contributed by atoms with Crippen molar-refractivity contribution in [2.45, 2.75) is 46.1 Å². The minimum Gasteiger partial charge on any atom is -0.356 e. The number of hydrogen-bond donors (Lipinski definition) is 0. The van der Waals surface area contributed by atoms with Gasteiger partial charge in [0.05, 0.1) is 12.2 Å². The quantitative estimate of drug-likeness (QED) is 0.837. The van der Waals surface area contributed by atoms with Crippen molar-refractivity contribution >= 4 is 11.7 Å². The van der Waals surface area contributed by atoms with Gasteiger partial charge < -0.3 is 9.80 Å². The monoisotopic (exact) mass is 365 g/mol. The van der Waals surface area contributed by atoms with Crippen LogP contribution in [0.15, 0.2) is 30.7 Å². The summed E-state index contributed by atoms with van der Waals surface area (Å²) in [5, 5.41) is 0. The molecule has 2 aromatic heterocycles. The summed E-state index contributed by atoms with van der Waals surface area (Å²) in [4.78, 5) is 30.2. The third-order valence-electron chi connectivity index (χ3n) is 6.10. The Labute approximate surface area is 160 Å². The van der Waals surface area contributed by atoms with Gasteiger partial charge in [-0.15, -0.1) is 0 Å². The minimum atomic E-state index is 0.145. The maximum Gasteiger partial charge on any atom is 0.222 e. The fourth-order valence-electron chi connectivity index (χ4n) is 4.50. The van der Waals surface area contributed by atoms with Crippen molar-refractivity contribution in [3.63, 3.8) is 0 Å². The average molecular weight is 365 g/mol. The topological polar surface area (TPSA) is 62.2 Å². The number of aromatic nitrogens is 3. The van der Waals surface area contributed by atoms with Gasteiger partial charge in [-0.05, 0) is 45.2 Å². The SMILES string of the molecule is Cc1ncnc(N2CCC[C@]3(CCC(=O)N(Cc4ccccn4)C3)C2)c1C. The lowest BCUT2D eigenvalue weighted by atomic mass is 9.73. The number of carbonyl (C=O) groups is 1. The maximum atomic E-state index is 12.5. The lowest BCUT2D eigenvalue weighted by Gasteiger charge is -2.48. The molecule has 2 fully saturated rings. The lowest BCUT2D eigenvalue weighted by molar-refractivity contribution is -0.138. The molecule has 0 aliphatic carbocycles. The van der Waals surface area contributed by atoms with Crippen molar-refractivity contribution in [2.75, 3.05) is 24.5 Å². The van der Waals surface area contributed by atoms with Gasteiger partial charge >= 0.3 is 0 Å². The molecule has 1 spiro atoms. The van der Waals surface area contributed by atoms with Crippen LogP contribution in [-0.2, 0) is 11.3 Å². The van der Waals surface area contributed by atoms with Crippen molar-refractivity contribution in [3.05, 3.63) is 47.7 Å². The first-order valence-corrected chi connectivity index (χ1v) is 9.77. The predicted octanol–water partition coefficient (Wildman–Crippen LogP) is 2.90. The highest BCUT2D eigenvalue weighted by Crippen LogP contribution is 2.40. The van der Waals surface area contributed by atoms with E-state index in [1.165, 1.54) is 6.42 Å². The Hall–Kier alpha value is -2.50. The molecular formula is C21H27N5O. The Balaban J connectivity index is 1.53. The largest absolute Gasteiger partial charge is 0.356 e. The molecule has 0 saturated carbocycles. The third-order valence-corrected chi connectivity index (χ3v) is 6.10. The van der Waals surface area contributed by atoms with Crippen LogP contribution >= 0.6 is 0 Å². The van der Waals surface area contributed by atoms with Gasteiger partial charge in [-0.3, -0.25) is 9.78 Å². The van der Waals surface area contributed by atoms with Gasteiger partial charge in [0, 0.05) is 48.9 Å². The standard InChI is InChI=1S/C21H27N5O/c1-16-17(2)23-15-24-20(16)25-11-5-8-21(13-25)9-7-19(27)26(14-21)12-18-6-3-4-10-22-18/h3-4,6,10,15H,5,7-9,11-14H2,1-2H3/t21-/m0/s1. The van der Waals surface area contributed by atoms with E-state index in [0.717, 1.165) is 55.2 Å². The molecule has 6 heteroatoms. The normalized spacial score (nSPS) is 23.1. The molecule has 0 unspecified atom stereocenters. The summed E-state index contributed by atoms with van der Waals surface area (Å²) < 4.78 is 0. The first kappa shape index (κ1) is 17.9. The van der Waals surface area contributed by atoms with E-state index in [-0.39, 0.29) is 11.3 Å². The summed E-state index contributed by atoms with van der Waals surface area (Å²) in [7, 11) is 0. The summed E-state index contributed by atoms with van der Waals surface area (Å²) in [6.07, 6.45) is 7.35. The van der Waals surface area contributed by atoms with E-state index in [0.29, 0.717) is 13.0 Å². The molecule has 0 radical (unpaired) electrons. The van der Waals surface area contributed by atoms with Gasteiger partial charge in [0.25, 0.3) is 0 Å². The zero-order valence-electron chi connectivity index (χ0n) is 16.2. The van der Waals surface area contributed by atoms with Crippen LogP contribution in [0.5, 0.6) is 0 Å². The first-order valence-electron chi connectivity index (χ1n) is 9.77. The maximum absolute atomic E-state index is 12.5. The molecule has 0 aromatic carbocycles. The van der Waals surface area contributed by atoms with Gasteiger partial charge in [0.2, 0.25) is 5.91 Å². The van der Waals surface area contributed by atoms with E-state index in [1.807, 2.05) is 30.0 Å². The molecule has 2 aliphatic rings. The van der Waals surface area contributed by atoms with Gasteiger partial charge in [0.15, 0.2) is 0 Å². The summed E-state index contributed by atoms with van der Waals surface area (Å²) in [5.74, 6) is 1.30. The first-order chi connectivity index (χ1) is 13.1. The Kier molecular flexibility index (Phi) is 4.81. The van der Waals surface area contributed by atoms with Crippen molar-refractivity contribution in [1.29, 1.82) is 0 Å². The fraction of sp³-hybridized carbons (Fsp3) is 0.524. The third kappa shape index (κ3) is 3.66. The zero-order valence-corrected chi connectivity index (χ0v) is 16.2. The van der Waals surface area contributed by atoms with E-state index in [2.05, 4.69) is 26.8 Å². The molecular weight excluding hydrogens is 338 g/mol. The number of likely N-dealkylation sites (tertiary alicyclic amines) is 1. The van der Waals surface area contributed by atoms with Crippen molar-refractivity contribution < 1.29 is 4.79 Å². The number of hydrogen-bond acceptors (Lipinski definition) is 5. The van der Waals surface area contributed by atoms with Gasteiger partial charge in [-0.2, -0.15) is 0 Å². The van der Waals surface area contributed by atoms with Crippen LogP contribution < -0.4 is 4.90 Å². The minimum absolute atomic E-state index is 0.145. The number of carbonyl (C=O) groups excluding carboxylic acids is 1. The Morgan fingerprint density at radius 3 is 2.81 bits per heavy atom. The lowest BCUT2D eigenvalue weighted by Crippen LogP contribution is -2.54. The fourth-order valence-corrected chi connectivity index (χ4v) is 4.50. The highest BCUT2D eigenvalue weighted by atomic mass is 16.2. The van der Waals surface area contributed by atoms with Gasteiger partial charge in [-0.1, -0.05) is 6.07 Å². The van der Waals surface area contributed by atoms with Gasteiger partial charge in [0.1, 0.15) is 12.1 Å². The van der Waals surface area contributed by atoms with E-state index in [1.54, 1.807) is 12.5 Å². The number of amides is 1. The van der Waals surface area contributed by atoms with Gasteiger partial charge in [-0.25, -0.2) is 9.97 Å². The number of nitrogens with zero attached hydrogens (tertiary/aromatic N) is 5. The van der Waals surface area contributed by atoms with E-state index < -0.39 is 0 Å². The summed E-state index contributed by atoms with van der Waals surface area (Å²) >= 11 is 0. The van der Waals surface area contributed by atoms with Crippen molar-refractivity contribution in [3.8, 4) is 0 Å². The molecule has 2 aromatic rings. The second-order valence-electron chi connectivity index (χ2n) is 8.00. The number of aryl methyl sites for hydroxylation is 1. The molecule has 4 heterocycles. The van der Waals surface area contributed by atoms with Crippen LogP contribution in [-0.4, -0.2) is 45.4 Å². The van der Waals surface area contributed by atoms with Crippen LogP contribution in [0.25, 0.3) is 0 Å². The van der Waals surface area contributed by atoms with E-state index in [4.69, 9.17) is 0 Å². The Morgan fingerprint density at radius 2 is 2.00 bits per heavy atom. The summed E-state index contributed by atoms with van der Waals surface area (Å²) in [6.45, 7) is 7.52. The predicted molar refractivity (Wildman–Crippen MR) is 104 cm³/mol. The number of pyridine rings is 1. The molecule has 0 N–H and O–H groups in total. The van der Waals surface area contributed by atoms with E-state index in [9.17, 15) is 4.79 Å².